The smallest absolute Gasteiger partial charge is 0.220 e. The van der Waals surface area contributed by atoms with Gasteiger partial charge < -0.3 is 16.0 Å². The van der Waals surface area contributed by atoms with Crippen LogP contribution in [0.25, 0.3) is 0 Å². The second-order valence-corrected chi connectivity index (χ2v) is 6.60. The van der Waals surface area contributed by atoms with Crippen LogP contribution in [0.1, 0.15) is 31.4 Å². The quantitative estimate of drug-likeness (QED) is 0.815. The lowest BCUT2D eigenvalue weighted by molar-refractivity contribution is -0.122. The Balaban J connectivity index is 1.44. The van der Waals surface area contributed by atoms with Crippen LogP contribution in [-0.2, 0) is 4.79 Å². The summed E-state index contributed by atoms with van der Waals surface area (Å²) in [6, 6.07) is 2.39. The summed E-state index contributed by atoms with van der Waals surface area (Å²) in [5.41, 5.74) is 6.81. The summed E-state index contributed by atoms with van der Waals surface area (Å²) in [6.45, 7) is 3.80. The number of carbonyl (C=O) groups excluding carboxylic acids is 1. The van der Waals surface area contributed by atoms with Crippen LogP contribution in [-0.4, -0.2) is 41.0 Å². The van der Waals surface area contributed by atoms with Crippen LogP contribution in [0.15, 0.2) is 24.5 Å². The maximum atomic E-state index is 12.2. The molecule has 0 bridgehead atoms. The lowest BCUT2D eigenvalue weighted by Crippen LogP contribution is -2.45. The van der Waals surface area contributed by atoms with E-state index in [2.05, 4.69) is 26.3 Å². The number of aromatic nitrogens is 2. The Morgan fingerprint density at radius 3 is 2.78 bits per heavy atom. The topological polar surface area (TPSA) is 84.1 Å². The molecule has 0 spiro atoms. The SMILES string of the molecule is Cc1cc(N2CCC(NC(=O)C[C@H]3C=C[C@@H](N)C3)CC2)ncn1. The number of rotatable bonds is 4. The van der Waals surface area contributed by atoms with Crippen molar-refractivity contribution in [2.24, 2.45) is 11.7 Å². The summed E-state index contributed by atoms with van der Waals surface area (Å²) in [5.74, 6) is 1.42. The van der Waals surface area contributed by atoms with E-state index >= 15 is 0 Å². The molecular weight excluding hydrogens is 290 g/mol. The van der Waals surface area contributed by atoms with Crippen LogP contribution >= 0.6 is 0 Å². The maximum Gasteiger partial charge on any atom is 0.220 e. The number of nitrogens with two attached hydrogens (primary N) is 1. The second-order valence-electron chi connectivity index (χ2n) is 6.60. The van der Waals surface area contributed by atoms with Gasteiger partial charge in [0.15, 0.2) is 0 Å². The Kier molecular flexibility index (Phi) is 4.91. The third-order valence-electron chi connectivity index (χ3n) is 4.63. The highest BCUT2D eigenvalue weighted by molar-refractivity contribution is 5.76. The molecule has 2 heterocycles. The Hall–Kier alpha value is -1.95. The fraction of sp³-hybridized carbons (Fsp3) is 0.588. The monoisotopic (exact) mass is 315 g/mol. The molecule has 1 aromatic rings. The molecule has 124 valence electrons. The van der Waals surface area contributed by atoms with Crippen molar-refractivity contribution in [2.75, 3.05) is 18.0 Å². The van der Waals surface area contributed by atoms with Gasteiger partial charge in [-0.25, -0.2) is 9.97 Å². The van der Waals surface area contributed by atoms with E-state index in [0.717, 1.165) is 43.9 Å². The van der Waals surface area contributed by atoms with Crippen LogP contribution in [0.3, 0.4) is 0 Å². The lowest BCUT2D eigenvalue weighted by Gasteiger charge is -2.33. The molecule has 0 unspecified atom stereocenters. The molecule has 2 atom stereocenters. The van der Waals surface area contributed by atoms with E-state index in [1.807, 2.05) is 19.1 Å². The van der Waals surface area contributed by atoms with E-state index in [1.165, 1.54) is 0 Å². The third-order valence-corrected chi connectivity index (χ3v) is 4.63. The summed E-state index contributed by atoms with van der Waals surface area (Å²) < 4.78 is 0. The lowest BCUT2D eigenvalue weighted by atomic mass is 10.0. The van der Waals surface area contributed by atoms with Gasteiger partial charge in [-0.05, 0) is 32.1 Å². The number of carbonyl (C=O) groups is 1. The van der Waals surface area contributed by atoms with E-state index in [4.69, 9.17) is 5.73 Å². The first-order valence-electron chi connectivity index (χ1n) is 8.37. The summed E-state index contributed by atoms with van der Waals surface area (Å²) in [6.07, 6.45) is 9.03. The van der Waals surface area contributed by atoms with Gasteiger partial charge in [0.2, 0.25) is 5.91 Å². The van der Waals surface area contributed by atoms with Crippen molar-refractivity contribution < 1.29 is 4.79 Å². The molecule has 1 fully saturated rings. The summed E-state index contributed by atoms with van der Waals surface area (Å²) >= 11 is 0. The van der Waals surface area contributed by atoms with E-state index in [-0.39, 0.29) is 18.0 Å². The van der Waals surface area contributed by atoms with E-state index in [1.54, 1.807) is 6.33 Å². The van der Waals surface area contributed by atoms with Crippen molar-refractivity contribution in [3.8, 4) is 0 Å². The zero-order valence-corrected chi connectivity index (χ0v) is 13.6. The molecule has 1 amide bonds. The van der Waals surface area contributed by atoms with Crippen molar-refractivity contribution in [3.05, 3.63) is 30.2 Å². The molecule has 1 aliphatic carbocycles. The molecule has 0 saturated carbocycles. The molecular formula is C17H25N5O. The first-order valence-corrected chi connectivity index (χ1v) is 8.37. The summed E-state index contributed by atoms with van der Waals surface area (Å²) in [4.78, 5) is 22.9. The highest BCUT2D eigenvalue weighted by atomic mass is 16.1. The molecule has 0 aromatic carbocycles. The normalized spacial score (nSPS) is 24.9. The predicted octanol–water partition coefficient (Wildman–Crippen LogP) is 1.16. The average Bonchev–Trinajstić information content (AvgIpc) is 2.93. The number of nitrogens with one attached hydrogen (secondary N) is 1. The van der Waals surface area contributed by atoms with Crippen molar-refractivity contribution in [1.29, 1.82) is 0 Å². The number of allylic oxidation sites excluding steroid dienone is 1. The van der Waals surface area contributed by atoms with Crippen LogP contribution in [0.2, 0.25) is 0 Å². The standard InChI is InChI=1S/C17H25N5O/c1-12-8-16(20-11-19-12)22-6-4-15(5-7-22)21-17(23)10-13-2-3-14(18)9-13/h2-3,8,11,13-15H,4-7,9-10,18H2,1H3,(H,21,23)/t13-,14+/m0/s1. The van der Waals surface area contributed by atoms with Crippen molar-refractivity contribution >= 4 is 11.7 Å². The van der Waals surface area contributed by atoms with Crippen LogP contribution in [0, 0.1) is 12.8 Å². The maximum absolute atomic E-state index is 12.2. The minimum Gasteiger partial charge on any atom is -0.356 e. The zero-order valence-electron chi connectivity index (χ0n) is 13.6. The first-order chi connectivity index (χ1) is 11.1. The van der Waals surface area contributed by atoms with Gasteiger partial charge in [-0.1, -0.05) is 12.2 Å². The summed E-state index contributed by atoms with van der Waals surface area (Å²) in [5, 5.41) is 3.17. The highest BCUT2D eigenvalue weighted by Crippen LogP contribution is 2.21. The number of anilines is 1. The van der Waals surface area contributed by atoms with Gasteiger partial charge in [0, 0.05) is 43.4 Å². The van der Waals surface area contributed by atoms with E-state index < -0.39 is 0 Å². The van der Waals surface area contributed by atoms with Gasteiger partial charge in [0.25, 0.3) is 0 Å². The number of aryl methyl sites for hydroxylation is 1. The largest absolute Gasteiger partial charge is 0.356 e. The van der Waals surface area contributed by atoms with Gasteiger partial charge in [-0.2, -0.15) is 0 Å². The van der Waals surface area contributed by atoms with Gasteiger partial charge in [-0.3, -0.25) is 4.79 Å². The number of amides is 1. The predicted molar refractivity (Wildman–Crippen MR) is 90.0 cm³/mol. The van der Waals surface area contributed by atoms with Gasteiger partial charge >= 0.3 is 0 Å². The second kappa shape index (κ2) is 7.08. The summed E-state index contributed by atoms with van der Waals surface area (Å²) in [7, 11) is 0. The fourth-order valence-electron chi connectivity index (χ4n) is 3.35. The Labute approximate surface area is 137 Å². The van der Waals surface area contributed by atoms with E-state index in [0.29, 0.717) is 12.3 Å². The number of piperidine rings is 1. The highest BCUT2D eigenvalue weighted by Gasteiger charge is 2.24. The van der Waals surface area contributed by atoms with Crippen LogP contribution < -0.4 is 16.0 Å². The van der Waals surface area contributed by atoms with E-state index in [9.17, 15) is 4.79 Å². The van der Waals surface area contributed by atoms with Gasteiger partial charge in [0.1, 0.15) is 12.1 Å². The third kappa shape index (κ3) is 4.28. The molecule has 6 heteroatoms. The molecule has 1 aromatic heterocycles. The molecule has 3 N–H and O–H groups in total. The van der Waals surface area contributed by atoms with Crippen LogP contribution in [0.5, 0.6) is 0 Å². The van der Waals surface area contributed by atoms with Gasteiger partial charge in [0.05, 0.1) is 0 Å². The molecule has 2 aliphatic rings. The molecule has 23 heavy (non-hydrogen) atoms. The Morgan fingerprint density at radius 2 is 2.13 bits per heavy atom. The minimum absolute atomic E-state index is 0.118. The first kappa shape index (κ1) is 15.9. The van der Waals surface area contributed by atoms with Crippen molar-refractivity contribution in [2.45, 2.75) is 44.7 Å². The zero-order chi connectivity index (χ0) is 16.2. The van der Waals surface area contributed by atoms with Crippen LogP contribution in [0.4, 0.5) is 5.82 Å². The number of hydrogen-bond acceptors (Lipinski definition) is 5. The molecule has 3 rings (SSSR count). The fourth-order valence-corrected chi connectivity index (χ4v) is 3.35. The Bertz CT molecular complexity index is 580. The molecule has 1 aliphatic heterocycles. The molecule has 6 nitrogen and oxygen atoms in total. The van der Waals surface area contributed by atoms with Crippen molar-refractivity contribution in [3.63, 3.8) is 0 Å². The van der Waals surface area contributed by atoms with Gasteiger partial charge in [-0.15, -0.1) is 0 Å². The Morgan fingerprint density at radius 1 is 1.35 bits per heavy atom. The van der Waals surface area contributed by atoms with Crippen molar-refractivity contribution in [1.82, 2.24) is 15.3 Å². The molecule has 1 saturated heterocycles. The number of nitrogens with zero attached hydrogens (tertiary/aromatic N) is 3. The number of hydrogen-bond donors (Lipinski definition) is 2. The minimum atomic E-state index is 0.118. The molecule has 0 radical (unpaired) electrons. The average molecular weight is 315 g/mol.